The summed E-state index contributed by atoms with van der Waals surface area (Å²) in [4.78, 5) is 1.31. The first-order chi connectivity index (χ1) is 7.17. The summed E-state index contributed by atoms with van der Waals surface area (Å²) in [5.74, 6) is 0. The number of nitrogens with two attached hydrogens (primary N) is 1. The van der Waals surface area contributed by atoms with E-state index in [1.54, 1.807) is 11.8 Å². The zero-order valence-corrected chi connectivity index (χ0v) is 11.3. The molecule has 0 unspecified atom stereocenters. The fourth-order valence-corrected chi connectivity index (χ4v) is 4.04. The lowest BCUT2D eigenvalue weighted by molar-refractivity contribution is 0.451. The molecular weight excluding hydrogens is 270 g/mol. The highest BCUT2D eigenvalue weighted by atomic mass is 79.9. The van der Waals surface area contributed by atoms with Crippen molar-refractivity contribution in [2.24, 2.45) is 5.73 Å². The maximum absolute atomic E-state index is 6.51. The van der Waals surface area contributed by atoms with Gasteiger partial charge < -0.3 is 5.73 Å². The Morgan fingerprint density at radius 1 is 1.33 bits per heavy atom. The number of benzene rings is 1. The molecule has 1 fully saturated rings. The third-order valence-electron chi connectivity index (χ3n) is 3.19. The van der Waals surface area contributed by atoms with E-state index < -0.39 is 0 Å². The van der Waals surface area contributed by atoms with E-state index in [-0.39, 0.29) is 5.54 Å². The van der Waals surface area contributed by atoms with Gasteiger partial charge in [0.2, 0.25) is 0 Å². The first kappa shape index (κ1) is 11.5. The van der Waals surface area contributed by atoms with Gasteiger partial charge in [0.05, 0.1) is 0 Å². The van der Waals surface area contributed by atoms with Crippen molar-refractivity contribution in [2.75, 3.05) is 6.26 Å². The van der Waals surface area contributed by atoms with E-state index in [2.05, 4.69) is 40.4 Å². The molecule has 2 N–H and O–H groups in total. The Hall–Kier alpha value is 0.01000. The fourth-order valence-electron chi connectivity index (χ4n) is 2.41. The Bertz CT molecular complexity index is 359. The van der Waals surface area contributed by atoms with E-state index in [1.807, 2.05) is 0 Å². The van der Waals surface area contributed by atoms with Crippen LogP contribution in [0.5, 0.6) is 0 Å². The largest absolute Gasteiger partial charge is 0.321 e. The predicted molar refractivity (Wildman–Crippen MR) is 70.3 cm³/mol. The topological polar surface area (TPSA) is 26.0 Å². The second-order valence-electron chi connectivity index (χ2n) is 4.18. The number of hydrogen-bond acceptors (Lipinski definition) is 2. The van der Waals surface area contributed by atoms with Crippen molar-refractivity contribution in [2.45, 2.75) is 36.1 Å². The molecular formula is C12H16BrNS. The summed E-state index contributed by atoms with van der Waals surface area (Å²) in [6, 6.07) is 6.34. The van der Waals surface area contributed by atoms with Gasteiger partial charge in [0.15, 0.2) is 0 Å². The van der Waals surface area contributed by atoms with Crippen LogP contribution in [-0.4, -0.2) is 6.26 Å². The van der Waals surface area contributed by atoms with Crippen LogP contribution in [0.2, 0.25) is 0 Å². The zero-order chi connectivity index (χ0) is 10.9. The molecule has 1 aliphatic carbocycles. The van der Waals surface area contributed by atoms with Crippen molar-refractivity contribution in [1.29, 1.82) is 0 Å². The van der Waals surface area contributed by atoms with Gasteiger partial charge in [-0.2, -0.15) is 0 Å². The highest BCUT2D eigenvalue weighted by Crippen LogP contribution is 2.43. The summed E-state index contributed by atoms with van der Waals surface area (Å²) in [5, 5.41) is 0. The lowest BCUT2D eigenvalue weighted by Crippen LogP contribution is -2.34. The van der Waals surface area contributed by atoms with Crippen molar-refractivity contribution in [3.63, 3.8) is 0 Å². The Labute approximate surface area is 104 Å². The first-order valence-electron chi connectivity index (χ1n) is 5.29. The van der Waals surface area contributed by atoms with Crippen LogP contribution < -0.4 is 5.73 Å². The van der Waals surface area contributed by atoms with E-state index in [0.717, 1.165) is 12.8 Å². The molecule has 0 aromatic heterocycles. The Kier molecular flexibility index (Phi) is 3.43. The molecule has 0 atom stereocenters. The van der Waals surface area contributed by atoms with E-state index in [9.17, 15) is 0 Å². The molecule has 0 spiro atoms. The van der Waals surface area contributed by atoms with Crippen molar-refractivity contribution >= 4 is 27.7 Å². The molecule has 0 saturated heterocycles. The van der Waals surface area contributed by atoms with Gasteiger partial charge in [-0.1, -0.05) is 34.8 Å². The molecule has 1 aliphatic rings. The number of hydrogen-bond donors (Lipinski definition) is 1. The van der Waals surface area contributed by atoms with Crippen molar-refractivity contribution in [3.05, 3.63) is 28.2 Å². The summed E-state index contributed by atoms with van der Waals surface area (Å²) in [7, 11) is 0. The molecule has 1 nitrogen and oxygen atoms in total. The standard InChI is InChI=1S/C12H16BrNS/c1-15-10-6-4-5-9(13)11(10)12(14)7-2-3-8-12/h4-6H,2-3,7-8,14H2,1H3. The molecule has 0 bridgehead atoms. The summed E-state index contributed by atoms with van der Waals surface area (Å²) < 4.78 is 1.17. The van der Waals surface area contributed by atoms with Crippen LogP contribution in [0, 0.1) is 0 Å². The minimum atomic E-state index is -0.0988. The van der Waals surface area contributed by atoms with E-state index in [0.29, 0.717) is 0 Å². The van der Waals surface area contributed by atoms with Gasteiger partial charge in [-0.05, 0) is 36.8 Å². The first-order valence-corrected chi connectivity index (χ1v) is 7.31. The Balaban J connectivity index is 2.49. The maximum Gasteiger partial charge on any atom is 0.0432 e. The number of rotatable bonds is 2. The fraction of sp³-hybridized carbons (Fsp3) is 0.500. The molecule has 0 heterocycles. The number of thioether (sulfide) groups is 1. The van der Waals surface area contributed by atoms with Crippen LogP contribution in [0.4, 0.5) is 0 Å². The van der Waals surface area contributed by atoms with E-state index >= 15 is 0 Å². The Morgan fingerprint density at radius 3 is 2.60 bits per heavy atom. The van der Waals surface area contributed by atoms with Gasteiger partial charge in [-0.15, -0.1) is 11.8 Å². The van der Waals surface area contributed by atoms with E-state index in [1.165, 1.54) is 27.8 Å². The quantitative estimate of drug-likeness (QED) is 0.834. The lowest BCUT2D eigenvalue weighted by Gasteiger charge is -2.27. The minimum absolute atomic E-state index is 0.0988. The molecule has 1 aromatic rings. The number of halogens is 1. The molecule has 1 saturated carbocycles. The Morgan fingerprint density at radius 2 is 2.00 bits per heavy atom. The SMILES string of the molecule is CSc1cccc(Br)c1C1(N)CCCC1. The molecule has 0 radical (unpaired) electrons. The van der Waals surface area contributed by atoms with Crippen LogP contribution in [0.1, 0.15) is 31.2 Å². The van der Waals surface area contributed by atoms with Gasteiger partial charge >= 0.3 is 0 Å². The third kappa shape index (κ3) is 2.10. The van der Waals surface area contributed by atoms with Gasteiger partial charge in [-0.3, -0.25) is 0 Å². The maximum atomic E-state index is 6.51. The molecule has 15 heavy (non-hydrogen) atoms. The average Bonchev–Trinajstić information content (AvgIpc) is 2.65. The zero-order valence-electron chi connectivity index (χ0n) is 8.92. The molecule has 1 aromatic carbocycles. The van der Waals surface area contributed by atoms with Crippen LogP contribution in [0.15, 0.2) is 27.6 Å². The van der Waals surface area contributed by atoms with E-state index in [4.69, 9.17) is 5.73 Å². The third-order valence-corrected chi connectivity index (χ3v) is 4.63. The van der Waals surface area contributed by atoms with Crippen LogP contribution in [-0.2, 0) is 5.54 Å². The lowest BCUT2D eigenvalue weighted by atomic mass is 9.89. The van der Waals surface area contributed by atoms with Gasteiger partial charge in [0.1, 0.15) is 0 Å². The van der Waals surface area contributed by atoms with Gasteiger partial charge in [-0.25, -0.2) is 0 Å². The van der Waals surface area contributed by atoms with Crippen molar-refractivity contribution < 1.29 is 0 Å². The highest BCUT2D eigenvalue weighted by molar-refractivity contribution is 9.10. The summed E-state index contributed by atoms with van der Waals surface area (Å²) >= 11 is 5.42. The monoisotopic (exact) mass is 285 g/mol. The summed E-state index contributed by atoms with van der Waals surface area (Å²) in [6.07, 6.45) is 6.85. The highest BCUT2D eigenvalue weighted by Gasteiger charge is 2.34. The van der Waals surface area contributed by atoms with Gasteiger partial charge in [0, 0.05) is 14.9 Å². The summed E-state index contributed by atoms with van der Waals surface area (Å²) in [6.45, 7) is 0. The van der Waals surface area contributed by atoms with Crippen LogP contribution in [0.25, 0.3) is 0 Å². The normalized spacial score (nSPS) is 19.4. The smallest absolute Gasteiger partial charge is 0.0432 e. The molecule has 0 aliphatic heterocycles. The summed E-state index contributed by atoms with van der Waals surface area (Å²) in [5.41, 5.74) is 7.73. The van der Waals surface area contributed by atoms with Gasteiger partial charge in [0.25, 0.3) is 0 Å². The molecule has 82 valence electrons. The second-order valence-corrected chi connectivity index (χ2v) is 5.88. The van der Waals surface area contributed by atoms with Crippen molar-refractivity contribution in [1.82, 2.24) is 0 Å². The second kappa shape index (κ2) is 4.48. The molecule has 3 heteroatoms. The van der Waals surface area contributed by atoms with Crippen LogP contribution >= 0.6 is 27.7 Å². The van der Waals surface area contributed by atoms with Crippen LogP contribution in [0.3, 0.4) is 0 Å². The molecule has 0 amide bonds. The minimum Gasteiger partial charge on any atom is -0.321 e. The molecule has 2 rings (SSSR count). The van der Waals surface area contributed by atoms with Crippen molar-refractivity contribution in [3.8, 4) is 0 Å². The average molecular weight is 286 g/mol. The predicted octanol–water partition coefficient (Wildman–Crippen LogP) is 3.90.